The molecule has 0 fully saturated rings. The predicted molar refractivity (Wildman–Crippen MR) is 157 cm³/mol. The minimum Gasteiger partial charge on any atom is -0.372 e. The number of anilines is 1. The number of amides is 1. The van der Waals surface area contributed by atoms with Crippen LogP contribution in [0, 0.1) is 5.92 Å². The lowest BCUT2D eigenvalue weighted by molar-refractivity contribution is -0.113. The molecule has 1 N–H and O–H groups in total. The Balaban J connectivity index is 1.45. The molecular formula is C28H27Cl2N3O3S2. The second kappa shape index (κ2) is 11.8. The van der Waals surface area contributed by atoms with Crippen molar-refractivity contribution in [2.45, 2.75) is 51.1 Å². The number of halogens is 2. The molecule has 3 heterocycles. The molecular weight excluding hydrogens is 561 g/mol. The Bertz CT molecular complexity index is 1540. The lowest BCUT2D eigenvalue weighted by atomic mass is 9.96. The van der Waals surface area contributed by atoms with Gasteiger partial charge in [-0.05, 0) is 41.7 Å². The summed E-state index contributed by atoms with van der Waals surface area (Å²) in [5.74, 6) is 0.182. The minimum atomic E-state index is -0.248. The van der Waals surface area contributed by atoms with Crippen molar-refractivity contribution in [2.75, 3.05) is 11.1 Å². The van der Waals surface area contributed by atoms with Crippen molar-refractivity contribution >= 4 is 68.1 Å². The van der Waals surface area contributed by atoms with Crippen LogP contribution in [0.2, 0.25) is 10.0 Å². The Kier molecular flexibility index (Phi) is 8.45. The van der Waals surface area contributed by atoms with Gasteiger partial charge in [0, 0.05) is 22.9 Å². The molecule has 4 aromatic rings. The smallest absolute Gasteiger partial charge is 0.263 e. The second-order valence-corrected chi connectivity index (χ2v) is 12.4. The van der Waals surface area contributed by atoms with Crippen LogP contribution >= 0.6 is 46.3 Å². The van der Waals surface area contributed by atoms with Crippen LogP contribution < -0.4 is 10.9 Å². The molecule has 1 aliphatic heterocycles. The average molecular weight is 589 g/mol. The molecule has 1 amide bonds. The number of aromatic nitrogens is 2. The monoisotopic (exact) mass is 587 g/mol. The number of nitrogens with zero attached hydrogens (tertiary/aromatic N) is 2. The third-order valence-electron chi connectivity index (χ3n) is 6.54. The molecule has 5 rings (SSSR count). The van der Waals surface area contributed by atoms with E-state index in [0.29, 0.717) is 63.0 Å². The number of thiophene rings is 1. The van der Waals surface area contributed by atoms with E-state index in [4.69, 9.17) is 32.9 Å². The van der Waals surface area contributed by atoms with E-state index in [1.165, 1.54) is 23.1 Å². The van der Waals surface area contributed by atoms with Gasteiger partial charge in [0.25, 0.3) is 5.56 Å². The number of carbonyl (C=O) groups excluding carboxylic acids is 1. The summed E-state index contributed by atoms with van der Waals surface area (Å²) in [6.07, 6.45) is 1.47. The van der Waals surface area contributed by atoms with Gasteiger partial charge in [0.15, 0.2) is 5.16 Å². The van der Waals surface area contributed by atoms with Crippen LogP contribution in [-0.4, -0.2) is 27.3 Å². The van der Waals surface area contributed by atoms with Gasteiger partial charge in [0.1, 0.15) is 4.83 Å². The zero-order valence-electron chi connectivity index (χ0n) is 21.0. The summed E-state index contributed by atoms with van der Waals surface area (Å²) in [5.41, 5.74) is 2.62. The lowest BCUT2D eigenvalue weighted by Gasteiger charge is -2.26. The molecule has 0 saturated carbocycles. The minimum absolute atomic E-state index is 0.0588. The van der Waals surface area contributed by atoms with Crippen molar-refractivity contribution in [3.8, 4) is 0 Å². The van der Waals surface area contributed by atoms with Crippen molar-refractivity contribution in [1.82, 2.24) is 9.55 Å². The summed E-state index contributed by atoms with van der Waals surface area (Å²) in [4.78, 5) is 33.4. The number of rotatable bonds is 8. The van der Waals surface area contributed by atoms with Crippen LogP contribution in [0.1, 0.15) is 29.9 Å². The van der Waals surface area contributed by atoms with E-state index in [1.54, 1.807) is 22.8 Å². The van der Waals surface area contributed by atoms with Crippen LogP contribution in [0.5, 0.6) is 0 Å². The first kappa shape index (κ1) is 27.2. The van der Waals surface area contributed by atoms with Crippen molar-refractivity contribution in [1.29, 1.82) is 0 Å². The highest BCUT2D eigenvalue weighted by atomic mass is 35.5. The van der Waals surface area contributed by atoms with E-state index < -0.39 is 0 Å². The van der Waals surface area contributed by atoms with Crippen LogP contribution in [0.3, 0.4) is 0 Å². The lowest BCUT2D eigenvalue weighted by Crippen LogP contribution is -2.29. The molecule has 2 aromatic heterocycles. The number of hydrogen-bond acceptors (Lipinski definition) is 6. The molecule has 10 heteroatoms. The summed E-state index contributed by atoms with van der Waals surface area (Å²) in [6, 6.07) is 14.9. The SMILES string of the molecule is CC(C)C1Cc2c(sc3nc(SCC(=O)Nc4ccc(Cl)cc4Cl)n(CCc4ccccc4)c(=O)c23)CO1. The number of ether oxygens (including phenoxy) is 1. The standard InChI is InChI=1S/C28H27Cl2N3O3S2/c1-16(2)22-13-19-23(14-36-22)38-26-25(19)27(35)33(11-10-17-6-4-3-5-7-17)28(32-26)37-15-24(34)31-21-9-8-18(29)12-20(21)30/h3-9,12,16,22H,10-11,13-15H2,1-2H3,(H,31,34). The van der Waals surface area contributed by atoms with Crippen molar-refractivity contribution in [3.63, 3.8) is 0 Å². The van der Waals surface area contributed by atoms with Gasteiger partial charge in [-0.15, -0.1) is 11.3 Å². The molecule has 1 unspecified atom stereocenters. The maximum absolute atomic E-state index is 13.9. The predicted octanol–water partition coefficient (Wildman–Crippen LogP) is 6.84. The van der Waals surface area contributed by atoms with Gasteiger partial charge in [-0.1, -0.05) is 79.1 Å². The van der Waals surface area contributed by atoms with Gasteiger partial charge in [0.05, 0.1) is 34.6 Å². The fourth-order valence-electron chi connectivity index (χ4n) is 4.47. The zero-order valence-corrected chi connectivity index (χ0v) is 24.1. The quantitative estimate of drug-likeness (QED) is 0.180. The van der Waals surface area contributed by atoms with Crippen LogP contribution in [0.15, 0.2) is 58.5 Å². The second-order valence-electron chi connectivity index (χ2n) is 9.53. The Morgan fingerprint density at radius 3 is 2.76 bits per heavy atom. The Morgan fingerprint density at radius 1 is 1.24 bits per heavy atom. The number of thioether (sulfide) groups is 1. The van der Waals surface area contributed by atoms with Gasteiger partial charge in [-0.3, -0.25) is 14.2 Å². The molecule has 0 spiro atoms. The Morgan fingerprint density at radius 2 is 2.03 bits per heavy atom. The molecule has 198 valence electrons. The highest BCUT2D eigenvalue weighted by Gasteiger charge is 2.28. The molecule has 0 bridgehead atoms. The van der Waals surface area contributed by atoms with Gasteiger partial charge in [-0.25, -0.2) is 4.98 Å². The molecule has 0 radical (unpaired) electrons. The molecule has 6 nitrogen and oxygen atoms in total. The van der Waals surface area contributed by atoms with E-state index in [9.17, 15) is 9.59 Å². The Labute approximate surface area is 239 Å². The molecule has 0 aliphatic carbocycles. The van der Waals surface area contributed by atoms with Gasteiger partial charge >= 0.3 is 0 Å². The molecule has 0 saturated heterocycles. The van der Waals surface area contributed by atoms with Gasteiger partial charge in [-0.2, -0.15) is 0 Å². The van der Waals surface area contributed by atoms with Gasteiger partial charge in [0.2, 0.25) is 5.91 Å². The van der Waals surface area contributed by atoms with E-state index in [-0.39, 0.29) is 23.3 Å². The largest absolute Gasteiger partial charge is 0.372 e. The van der Waals surface area contributed by atoms with Gasteiger partial charge < -0.3 is 10.1 Å². The maximum Gasteiger partial charge on any atom is 0.263 e. The number of nitrogens with one attached hydrogen (secondary N) is 1. The molecule has 38 heavy (non-hydrogen) atoms. The first-order valence-corrected chi connectivity index (χ1v) is 14.9. The van der Waals surface area contributed by atoms with Crippen molar-refractivity contribution in [2.24, 2.45) is 5.92 Å². The summed E-state index contributed by atoms with van der Waals surface area (Å²) in [7, 11) is 0. The average Bonchev–Trinajstić information content (AvgIpc) is 3.27. The van der Waals surface area contributed by atoms with E-state index in [2.05, 4.69) is 19.2 Å². The number of carbonyl (C=O) groups is 1. The summed E-state index contributed by atoms with van der Waals surface area (Å²) < 4.78 is 7.77. The van der Waals surface area contributed by atoms with E-state index in [0.717, 1.165) is 16.0 Å². The van der Waals surface area contributed by atoms with Crippen molar-refractivity contribution in [3.05, 3.63) is 84.9 Å². The van der Waals surface area contributed by atoms with E-state index >= 15 is 0 Å². The third-order valence-corrected chi connectivity index (χ3v) is 9.16. The normalized spacial score (nSPS) is 15.1. The zero-order chi connectivity index (χ0) is 26.8. The highest BCUT2D eigenvalue weighted by molar-refractivity contribution is 7.99. The first-order chi connectivity index (χ1) is 18.3. The maximum atomic E-state index is 13.9. The number of aryl methyl sites for hydroxylation is 1. The summed E-state index contributed by atoms with van der Waals surface area (Å²) in [6.45, 7) is 5.23. The summed E-state index contributed by atoms with van der Waals surface area (Å²) in [5, 5.41) is 4.88. The first-order valence-electron chi connectivity index (χ1n) is 12.4. The fourth-order valence-corrected chi connectivity index (χ4v) is 6.92. The van der Waals surface area contributed by atoms with Crippen LogP contribution in [0.25, 0.3) is 10.2 Å². The van der Waals surface area contributed by atoms with Crippen LogP contribution in [-0.2, 0) is 35.5 Å². The highest BCUT2D eigenvalue weighted by Crippen LogP contribution is 2.36. The van der Waals surface area contributed by atoms with E-state index in [1.807, 2.05) is 30.3 Å². The number of hydrogen-bond donors (Lipinski definition) is 1. The van der Waals surface area contributed by atoms with Crippen LogP contribution in [0.4, 0.5) is 5.69 Å². The fraction of sp³-hybridized carbons (Fsp3) is 0.321. The third kappa shape index (κ3) is 5.95. The number of fused-ring (bicyclic) bond motifs is 3. The topological polar surface area (TPSA) is 73.2 Å². The Hall–Kier alpha value is -2.36. The molecule has 1 aliphatic rings. The van der Waals surface area contributed by atoms with Crippen molar-refractivity contribution < 1.29 is 9.53 Å². The number of benzene rings is 2. The summed E-state index contributed by atoms with van der Waals surface area (Å²) >= 11 is 14.9. The molecule has 1 atom stereocenters. The molecule has 2 aromatic carbocycles.